The summed E-state index contributed by atoms with van der Waals surface area (Å²) in [5.41, 5.74) is 3.20. The van der Waals surface area contributed by atoms with Crippen molar-refractivity contribution in [1.82, 2.24) is 15.3 Å². The van der Waals surface area contributed by atoms with Gasteiger partial charge in [0.05, 0.1) is 6.20 Å². The van der Waals surface area contributed by atoms with Gasteiger partial charge in [-0.2, -0.15) is 0 Å². The maximum Gasteiger partial charge on any atom is 0.224 e. The van der Waals surface area contributed by atoms with E-state index in [9.17, 15) is 0 Å². The van der Waals surface area contributed by atoms with Crippen LogP contribution < -0.4 is 10.1 Å². The first-order valence-electron chi connectivity index (χ1n) is 5.90. The van der Waals surface area contributed by atoms with Crippen LogP contribution in [0.4, 0.5) is 0 Å². The third-order valence-corrected chi connectivity index (χ3v) is 2.64. The molecule has 1 N–H and O–H groups in total. The number of aryl methyl sites for hydroxylation is 2. The Morgan fingerprint density at radius 3 is 2.83 bits per heavy atom. The molecule has 0 atom stereocenters. The molecule has 0 amide bonds. The van der Waals surface area contributed by atoms with Gasteiger partial charge >= 0.3 is 0 Å². The maximum atomic E-state index is 5.81. The van der Waals surface area contributed by atoms with Gasteiger partial charge in [0.25, 0.3) is 0 Å². The molecule has 18 heavy (non-hydrogen) atoms. The molecule has 0 aliphatic heterocycles. The van der Waals surface area contributed by atoms with Crippen molar-refractivity contribution in [3.63, 3.8) is 0 Å². The van der Waals surface area contributed by atoms with E-state index in [1.54, 1.807) is 12.4 Å². The average Bonchev–Trinajstić information content (AvgIpc) is 2.35. The first-order chi connectivity index (χ1) is 8.70. The first kappa shape index (κ1) is 12.5. The van der Waals surface area contributed by atoms with Crippen molar-refractivity contribution < 1.29 is 4.74 Å². The molecular formula is C14H17N3O. The van der Waals surface area contributed by atoms with E-state index in [1.165, 1.54) is 5.56 Å². The Bertz CT molecular complexity index is 526. The maximum absolute atomic E-state index is 5.81. The molecule has 0 saturated carbocycles. The summed E-state index contributed by atoms with van der Waals surface area (Å²) < 4.78 is 5.81. The van der Waals surface area contributed by atoms with Gasteiger partial charge in [0.2, 0.25) is 5.88 Å². The molecule has 0 aliphatic rings. The van der Waals surface area contributed by atoms with Crippen LogP contribution in [0.3, 0.4) is 0 Å². The summed E-state index contributed by atoms with van der Waals surface area (Å²) in [5, 5.41) is 3.13. The van der Waals surface area contributed by atoms with Crippen LogP contribution in [0, 0.1) is 13.8 Å². The number of pyridine rings is 2. The molecule has 0 bridgehead atoms. The van der Waals surface area contributed by atoms with Crippen molar-refractivity contribution in [2.75, 3.05) is 7.05 Å². The highest BCUT2D eigenvalue weighted by Gasteiger charge is 2.10. The second kappa shape index (κ2) is 5.60. The number of hydrogen-bond acceptors (Lipinski definition) is 4. The van der Waals surface area contributed by atoms with Gasteiger partial charge in [0.1, 0.15) is 5.75 Å². The molecule has 2 aromatic rings. The second-order valence-corrected chi connectivity index (χ2v) is 4.19. The van der Waals surface area contributed by atoms with Crippen LogP contribution >= 0.6 is 0 Å². The molecule has 94 valence electrons. The van der Waals surface area contributed by atoms with Crippen molar-refractivity contribution in [2.24, 2.45) is 0 Å². The predicted molar refractivity (Wildman–Crippen MR) is 70.8 cm³/mol. The molecule has 0 radical (unpaired) electrons. The summed E-state index contributed by atoms with van der Waals surface area (Å²) in [7, 11) is 1.91. The van der Waals surface area contributed by atoms with Gasteiger partial charge in [-0.3, -0.25) is 4.98 Å². The smallest absolute Gasteiger partial charge is 0.224 e. The highest BCUT2D eigenvalue weighted by atomic mass is 16.5. The van der Waals surface area contributed by atoms with Crippen LogP contribution in [0.25, 0.3) is 0 Å². The van der Waals surface area contributed by atoms with Crippen LogP contribution in [-0.2, 0) is 6.54 Å². The molecule has 2 heterocycles. The Kier molecular flexibility index (Phi) is 3.89. The zero-order valence-electron chi connectivity index (χ0n) is 10.9. The molecular weight excluding hydrogens is 226 g/mol. The summed E-state index contributed by atoms with van der Waals surface area (Å²) in [4.78, 5) is 8.49. The predicted octanol–water partition coefficient (Wildman–Crippen LogP) is 2.61. The number of hydrogen-bond donors (Lipinski definition) is 1. The van der Waals surface area contributed by atoms with Gasteiger partial charge in [-0.15, -0.1) is 0 Å². The fourth-order valence-electron chi connectivity index (χ4n) is 1.82. The van der Waals surface area contributed by atoms with Crippen molar-refractivity contribution in [3.8, 4) is 11.6 Å². The van der Waals surface area contributed by atoms with Crippen LogP contribution in [0.1, 0.15) is 16.8 Å². The van der Waals surface area contributed by atoms with Gasteiger partial charge in [-0.25, -0.2) is 4.98 Å². The monoisotopic (exact) mass is 243 g/mol. The number of aromatic nitrogens is 2. The quantitative estimate of drug-likeness (QED) is 0.896. The van der Waals surface area contributed by atoms with E-state index in [0.29, 0.717) is 11.6 Å². The summed E-state index contributed by atoms with van der Waals surface area (Å²) in [5.74, 6) is 1.35. The highest BCUT2D eigenvalue weighted by molar-refractivity contribution is 5.38. The Morgan fingerprint density at radius 2 is 2.17 bits per heavy atom. The molecule has 4 nitrogen and oxygen atoms in total. The third-order valence-electron chi connectivity index (χ3n) is 2.64. The van der Waals surface area contributed by atoms with Crippen LogP contribution in [0.5, 0.6) is 11.6 Å². The van der Waals surface area contributed by atoms with E-state index in [0.717, 1.165) is 17.8 Å². The summed E-state index contributed by atoms with van der Waals surface area (Å²) in [6.07, 6.45) is 3.40. The highest BCUT2D eigenvalue weighted by Crippen LogP contribution is 2.25. The minimum Gasteiger partial charge on any atom is -0.437 e. The number of nitrogens with zero attached hydrogens (tertiary/aromatic N) is 2. The topological polar surface area (TPSA) is 47.0 Å². The molecule has 2 aromatic heterocycles. The Hall–Kier alpha value is -1.94. The first-order valence-corrected chi connectivity index (χ1v) is 5.90. The van der Waals surface area contributed by atoms with E-state index < -0.39 is 0 Å². The molecule has 0 fully saturated rings. The van der Waals surface area contributed by atoms with Crippen LogP contribution in [-0.4, -0.2) is 17.0 Å². The van der Waals surface area contributed by atoms with Crippen molar-refractivity contribution in [3.05, 3.63) is 47.4 Å². The van der Waals surface area contributed by atoms with Crippen LogP contribution in [0.15, 0.2) is 30.6 Å². The normalized spacial score (nSPS) is 10.4. The SMILES string of the molecule is CNCc1c(C)cc(C)nc1Oc1cccnc1. The molecule has 0 unspecified atom stereocenters. The zero-order chi connectivity index (χ0) is 13.0. The standard InChI is InChI=1S/C14H17N3O/c1-10-7-11(2)17-14(13(10)9-15-3)18-12-5-4-6-16-8-12/h4-8,15H,9H2,1-3H3. The fourth-order valence-corrected chi connectivity index (χ4v) is 1.82. The number of nitrogens with one attached hydrogen (secondary N) is 1. The van der Waals surface area contributed by atoms with E-state index >= 15 is 0 Å². The molecule has 4 heteroatoms. The molecule has 0 aliphatic carbocycles. The lowest BCUT2D eigenvalue weighted by Crippen LogP contribution is -2.09. The lowest BCUT2D eigenvalue weighted by atomic mass is 10.1. The van der Waals surface area contributed by atoms with Crippen LogP contribution in [0.2, 0.25) is 0 Å². The summed E-state index contributed by atoms with van der Waals surface area (Å²) >= 11 is 0. The van der Waals surface area contributed by atoms with Crippen molar-refractivity contribution >= 4 is 0 Å². The van der Waals surface area contributed by atoms with Gasteiger partial charge in [-0.1, -0.05) is 0 Å². The van der Waals surface area contributed by atoms with Crippen molar-refractivity contribution in [2.45, 2.75) is 20.4 Å². The Balaban J connectivity index is 2.36. The average molecular weight is 243 g/mol. The summed E-state index contributed by atoms with van der Waals surface area (Å²) in [6, 6.07) is 5.77. The van der Waals surface area contributed by atoms with Gasteiger partial charge in [0.15, 0.2) is 0 Å². The lowest BCUT2D eigenvalue weighted by molar-refractivity contribution is 0.450. The Labute approximate surface area is 107 Å². The molecule has 2 rings (SSSR count). The van der Waals surface area contributed by atoms with E-state index in [1.807, 2.05) is 26.1 Å². The van der Waals surface area contributed by atoms with Crippen molar-refractivity contribution in [1.29, 1.82) is 0 Å². The molecule has 0 aromatic carbocycles. The molecule has 0 saturated heterocycles. The Morgan fingerprint density at radius 1 is 1.33 bits per heavy atom. The minimum absolute atomic E-state index is 0.648. The molecule has 0 spiro atoms. The summed E-state index contributed by atoms with van der Waals surface area (Å²) in [6.45, 7) is 4.76. The van der Waals surface area contributed by atoms with Gasteiger partial charge in [-0.05, 0) is 44.7 Å². The lowest BCUT2D eigenvalue weighted by Gasteiger charge is -2.13. The van der Waals surface area contributed by atoms with Gasteiger partial charge in [0, 0.05) is 24.0 Å². The fraction of sp³-hybridized carbons (Fsp3) is 0.286. The third kappa shape index (κ3) is 2.84. The van der Waals surface area contributed by atoms with E-state index in [4.69, 9.17) is 4.74 Å². The van der Waals surface area contributed by atoms with Gasteiger partial charge < -0.3 is 10.1 Å². The van der Waals surface area contributed by atoms with E-state index in [-0.39, 0.29) is 0 Å². The largest absolute Gasteiger partial charge is 0.437 e. The minimum atomic E-state index is 0.648. The van der Waals surface area contributed by atoms with E-state index in [2.05, 4.69) is 28.3 Å². The number of ether oxygens (including phenoxy) is 1. The second-order valence-electron chi connectivity index (χ2n) is 4.19. The number of rotatable bonds is 4. The zero-order valence-corrected chi connectivity index (χ0v) is 10.9.